The van der Waals surface area contributed by atoms with Gasteiger partial charge in [0.2, 0.25) is 10.0 Å². The number of carbonyl (C=O) groups is 1. The minimum Gasteiger partial charge on any atom is -0.493 e. The number of rotatable bonds is 6. The summed E-state index contributed by atoms with van der Waals surface area (Å²) in [5.41, 5.74) is 1.19. The molecule has 180 valence electrons. The van der Waals surface area contributed by atoms with E-state index in [9.17, 15) is 22.0 Å². The van der Waals surface area contributed by atoms with Crippen molar-refractivity contribution < 1.29 is 31.5 Å². The number of amides is 1. The molecule has 3 rings (SSSR count). The van der Waals surface area contributed by atoms with Crippen LogP contribution >= 0.6 is 0 Å². The number of piperazine rings is 1. The van der Waals surface area contributed by atoms with Crippen LogP contribution in [0.5, 0.6) is 11.5 Å². The van der Waals surface area contributed by atoms with Crippen molar-refractivity contribution in [2.75, 3.05) is 33.3 Å². The van der Waals surface area contributed by atoms with Crippen molar-refractivity contribution >= 4 is 15.9 Å². The Hall–Kier alpha value is -2.72. The van der Waals surface area contributed by atoms with E-state index in [4.69, 9.17) is 4.74 Å². The molecule has 0 aliphatic carbocycles. The summed E-state index contributed by atoms with van der Waals surface area (Å²) in [6.45, 7) is 3.87. The lowest BCUT2D eigenvalue weighted by Gasteiger charge is -2.34. The molecule has 0 spiro atoms. The maximum Gasteiger partial charge on any atom is 0.387 e. The van der Waals surface area contributed by atoms with E-state index in [1.807, 2.05) is 12.1 Å². The molecule has 33 heavy (non-hydrogen) atoms. The Balaban J connectivity index is 1.68. The lowest BCUT2D eigenvalue weighted by Crippen LogP contribution is -2.50. The molecule has 0 N–H and O–H groups in total. The molecule has 0 unspecified atom stereocenters. The van der Waals surface area contributed by atoms with Gasteiger partial charge in [-0.2, -0.15) is 13.1 Å². The zero-order chi connectivity index (χ0) is 24.4. The van der Waals surface area contributed by atoms with Gasteiger partial charge in [0, 0.05) is 31.7 Å². The van der Waals surface area contributed by atoms with Gasteiger partial charge in [-0.25, -0.2) is 8.42 Å². The summed E-state index contributed by atoms with van der Waals surface area (Å²) < 4.78 is 61.9. The largest absolute Gasteiger partial charge is 0.493 e. The summed E-state index contributed by atoms with van der Waals surface area (Å²) in [7, 11) is -2.39. The highest BCUT2D eigenvalue weighted by atomic mass is 32.2. The average Bonchev–Trinajstić information content (AvgIpc) is 2.78. The third kappa shape index (κ3) is 5.62. The van der Waals surface area contributed by atoms with Crippen LogP contribution in [0.4, 0.5) is 8.78 Å². The molecule has 1 aliphatic rings. The molecule has 1 heterocycles. The van der Waals surface area contributed by atoms with Crippen LogP contribution in [0.15, 0.2) is 47.4 Å². The predicted octanol–water partition coefficient (Wildman–Crippen LogP) is 3.74. The molecule has 1 saturated heterocycles. The molecule has 0 saturated carbocycles. The fraction of sp³-hybridized carbons (Fsp3) is 0.435. The Bertz CT molecular complexity index is 1090. The number of sulfonamides is 1. The maximum absolute atomic E-state index is 13.0. The summed E-state index contributed by atoms with van der Waals surface area (Å²) in [5, 5.41) is 0. The zero-order valence-corrected chi connectivity index (χ0v) is 19.9. The number of ether oxygens (including phenoxy) is 2. The summed E-state index contributed by atoms with van der Waals surface area (Å²) in [6.07, 6.45) is 0. The van der Waals surface area contributed by atoms with Crippen LogP contribution in [0.2, 0.25) is 0 Å². The van der Waals surface area contributed by atoms with Crippen LogP contribution in [-0.2, 0) is 15.4 Å². The first-order chi connectivity index (χ1) is 15.4. The second-order valence-electron chi connectivity index (χ2n) is 8.71. The number of halogens is 2. The van der Waals surface area contributed by atoms with Crippen molar-refractivity contribution in [2.24, 2.45) is 0 Å². The van der Waals surface area contributed by atoms with E-state index < -0.39 is 16.6 Å². The van der Waals surface area contributed by atoms with Gasteiger partial charge in [0.05, 0.1) is 12.0 Å². The van der Waals surface area contributed by atoms with Gasteiger partial charge in [0.25, 0.3) is 5.91 Å². The summed E-state index contributed by atoms with van der Waals surface area (Å²) in [5.74, 6) is -0.498. The van der Waals surface area contributed by atoms with Crippen LogP contribution in [-0.4, -0.2) is 63.4 Å². The molecule has 10 heteroatoms. The Morgan fingerprint density at radius 3 is 2.09 bits per heavy atom. The van der Waals surface area contributed by atoms with Gasteiger partial charge < -0.3 is 14.4 Å². The van der Waals surface area contributed by atoms with Crippen molar-refractivity contribution in [1.29, 1.82) is 0 Å². The first kappa shape index (κ1) is 24.9. The second kappa shape index (κ2) is 9.64. The number of hydrogen-bond acceptors (Lipinski definition) is 5. The Morgan fingerprint density at radius 1 is 0.970 bits per heavy atom. The molecular formula is C23H28F2N2O5S. The molecule has 0 bridgehead atoms. The van der Waals surface area contributed by atoms with E-state index in [0.29, 0.717) is 0 Å². The molecule has 0 radical (unpaired) electrons. The molecule has 1 fully saturated rings. The molecular weight excluding hydrogens is 454 g/mol. The fourth-order valence-electron chi connectivity index (χ4n) is 3.58. The lowest BCUT2D eigenvalue weighted by molar-refractivity contribution is -0.0512. The molecule has 1 aliphatic heterocycles. The van der Waals surface area contributed by atoms with Crippen LogP contribution in [0, 0.1) is 0 Å². The first-order valence-corrected chi connectivity index (χ1v) is 11.9. The Morgan fingerprint density at radius 2 is 1.58 bits per heavy atom. The van der Waals surface area contributed by atoms with E-state index in [1.54, 1.807) is 12.1 Å². The number of methoxy groups -OCH3 is 1. The number of benzene rings is 2. The standard InChI is InChI=1S/C23H28F2N2O5S/c1-23(2,3)17-6-8-18(9-7-17)33(29,30)27-13-11-26(12-14-27)21(28)16-5-10-19(32-22(24)25)20(15-16)31-4/h5-10,15,22H,11-14H2,1-4H3. The van der Waals surface area contributed by atoms with E-state index in [0.717, 1.165) is 5.56 Å². The maximum atomic E-state index is 13.0. The third-order valence-corrected chi connectivity index (χ3v) is 7.42. The van der Waals surface area contributed by atoms with E-state index in [1.165, 1.54) is 34.5 Å². The quantitative estimate of drug-likeness (QED) is 0.627. The molecule has 0 atom stereocenters. The number of alkyl halides is 2. The molecule has 2 aromatic carbocycles. The van der Waals surface area contributed by atoms with Crippen molar-refractivity contribution in [1.82, 2.24) is 9.21 Å². The van der Waals surface area contributed by atoms with E-state index in [2.05, 4.69) is 25.5 Å². The van der Waals surface area contributed by atoms with Gasteiger partial charge in [-0.1, -0.05) is 32.9 Å². The minimum atomic E-state index is -3.68. The van der Waals surface area contributed by atoms with Crippen LogP contribution in [0.25, 0.3) is 0 Å². The smallest absolute Gasteiger partial charge is 0.387 e. The van der Waals surface area contributed by atoms with Crippen molar-refractivity contribution in [3.63, 3.8) is 0 Å². The van der Waals surface area contributed by atoms with E-state index >= 15 is 0 Å². The van der Waals surface area contributed by atoms with Gasteiger partial charge in [0.15, 0.2) is 11.5 Å². The summed E-state index contributed by atoms with van der Waals surface area (Å²) in [6, 6.07) is 10.8. The number of nitrogens with zero attached hydrogens (tertiary/aromatic N) is 2. The van der Waals surface area contributed by atoms with Gasteiger partial charge in [0.1, 0.15) is 0 Å². The topological polar surface area (TPSA) is 76.2 Å². The molecule has 0 aromatic heterocycles. The highest BCUT2D eigenvalue weighted by molar-refractivity contribution is 7.89. The number of carbonyl (C=O) groups excluding carboxylic acids is 1. The third-order valence-electron chi connectivity index (χ3n) is 5.51. The monoisotopic (exact) mass is 482 g/mol. The van der Waals surface area contributed by atoms with Crippen molar-refractivity contribution in [2.45, 2.75) is 37.7 Å². The SMILES string of the molecule is COc1cc(C(=O)N2CCN(S(=O)(=O)c3ccc(C(C)(C)C)cc3)CC2)ccc1OC(F)F. The highest BCUT2D eigenvalue weighted by Crippen LogP contribution is 2.30. The molecule has 1 amide bonds. The van der Waals surface area contributed by atoms with Gasteiger partial charge in [-0.05, 0) is 41.3 Å². The van der Waals surface area contributed by atoms with Gasteiger partial charge in [-0.3, -0.25) is 4.79 Å². The predicted molar refractivity (Wildman–Crippen MR) is 119 cm³/mol. The first-order valence-electron chi connectivity index (χ1n) is 10.5. The summed E-state index contributed by atoms with van der Waals surface area (Å²) in [4.78, 5) is 14.6. The lowest BCUT2D eigenvalue weighted by atomic mass is 9.87. The molecule has 2 aromatic rings. The minimum absolute atomic E-state index is 0.0149. The Kier molecular flexibility index (Phi) is 7.28. The van der Waals surface area contributed by atoms with Crippen LogP contribution < -0.4 is 9.47 Å². The second-order valence-corrected chi connectivity index (χ2v) is 10.7. The normalized spacial score (nSPS) is 15.5. The zero-order valence-electron chi connectivity index (χ0n) is 19.0. The van der Waals surface area contributed by atoms with Gasteiger partial charge in [-0.15, -0.1) is 0 Å². The molecule has 7 nitrogen and oxygen atoms in total. The fourth-order valence-corrected chi connectivity index (χ4v) is 5.01. The van der Waals surface area contributed by atoms with Crippen molar-refractivity contribution in [3.05, 3.63) is 53.6 Å². The van der Waals surface area contributed by atoms with Crippen molar-refractivity contribution in [3.8, 4) is 11.5 Å². The van der Waals surface area contributed by atoms with E-state index in [-0.39, 0.29) is 59.5 Å². The average molecular weight is 483 g/mol. The van der Waals surface area contributed by atoms with Crippen LogP contribution in [0.1, 0.15) is 36.7 Å². The highest BCUT2D eigenvalue weighted by Gasteiger charge is 2.31. The van der Waals surface area contributed by atoms with Crippen LogP contribution in [0.3, 0.4) is 0 Å². The summed E-state index contributed by atoms with van der Waals surface area (Å²) >= 11 is 0. The number of hydrogen-bond donors (Lipinski definition) is 0. The Labute approximate surface area is 192 Å². The van der Waals surface area contributed by atoms with Gasteiger partial charge >= 0.3 is 6.61 Å².